The summed E-state index contributed by atoms with van der Waals surface area (Å²) in [5.74, 6) is 0. The van der Waals surface area contributed by atoms with Crippen molar-refractivity contribution in [1.29, 1.82) is 0 Å². The van der Waals surface area contributed by atoms with E-state index in [1.807, 2.05) is 0 Å². The van der Waals surface area contributed by atoms with Crippen molar-refractivity contribution in [2.75, 3.05) is 0 Å². The molecule has 3 rings (SSSR count). The molecule has 27 heavy (non-hydrogen) atoms. The molecule has 2 heteroatoms. The Morgan fingerprint density at radius 2 is 1.37 bits per heavy atom. The average molecular weight is 364 g/mol. The Hall–Kier alpha value is -2.09. The Kier molecular flexibility index (Phi) is 7.50. The minimum Gasteiger partial charge on any atom is -0.392 e. The topological polar surface area (TPSA) is 21.6 Å². The second-order valence-electron chi connectivity index (χ2n) is 7.70. The molecule has 0 N–H and O–H groups in total. The third kappa shape index (κ3) is 5.69. The van der Waals surface area contributed by atoms with Crippen LogP contribution in [0.2, 0.25) is 0 Å². The third-order valence-corrected chi connectivity index (χ3v) is 5.44. The van der Waals surface area contributed by atoms with Crippen molar-refractivity contribution in [3.05, 3.63) is 59.7 Å². The minimum atomic E-state index is 0.270. The van der Waals surface area contributed by atoms with Gasteiger partial charge in [0.1, 0.15) is 6.10 Å². The lowest BCUT2D eigenvalue weighted by molar-refractivity contribution is 0.0771. The number of rotatable bonds is 10. The Morgan fingerprint density at radius 3 is 2.04 bits per heavy atom. The fourth-order valence-corrected chi connectivity index (χ4v) is 3.67. The van der Waals surface area contributed by atoms with Crippen LogP contribution in [0.15, 0.2) is 53.7 Å². The van der Waals surface area contributed by atoms with Crippen LogP contribution in [0.1, 0.15) is 76.3 Å². The SMILES string of the molecule is CCCCCc1ccc(-c2ccc(C3=NOC(CCCCC)C3)cc2)cc1. The summed E-state index contributed by atoms with van der Waals surface area (Å²) in [6.07, 6.45) is 11.2. The molecule has 1 aliphatic rings. The lowest BCUT2D eigenvalue weighted by Gasteiger charge is -2.07. The van der Waals surface area contributed by atoms with Crippen molar-refractivity contribution in [2.45, 2.75) is 77.7 Å². The first-order chi connectivity index (χ1) is 13.3. The quantitative estimate of drug-likeness (QED) is 0.410. The highest BCUT2D eigenvalue weighted by Gasteiger charge is 2.21. The van der Waals surface area contributed by atoms with Crippen molar-refractivity contribution in [2.24, 2.45) is 5.16 Å². The highest BCUT2D eigenvalue weighted by atomic mass is 16.6. The molecule has 1 heterocycles. The van der Waals surface area contributed by atoms with E-state index < -0.39 is 0 Å². The van der Waals surface area contributed by atoms with Crippen LogP contribution >= 0.6 is 0 Å². The van der Waals surface area contributed by atoms with Gasteiger partial charge >= 0.3 is 0 Å². The molecule has 144 valence electrons. The Morgan fingerprint density at radius 1 is 0.778 bits per heavy atom. The van der Waals surface area contributed by atoms with Crippen molar-refractivity contribution in [1.82, 2.24) is 0 Å². The van der Waals surface area contributed by atoms with Gasteiger partial charge in [-0.1, -0.05) is 93.2 Å². The predicted octanol–water partition coefficient (Wildman–Crippen LogP) is 7.16. The number of nitrogens with zero attached hydrogens (tertiary/aromatic N) is 1. The summed E-state index contributed by atoms with van der Waals surface area (Å²) in [4.78, 5) is 5.62. The molecule has 2 aromatic carbocycles. The van der Waals surface area contributed by atoms with E-state index in [9.17, 15) is 0 Å². The van der Waals surface area contributed by atoms with Gasteiger partial charge in [-0.2, -0.15) is 0 Å². The number of hydrogen-bond donors (Lipinski definition) is 0. The van der Waals surface area contributed by atoms with Gasteiger partial charge in [0, 0.05) is 6.42 Å². The molecule has 0 aliphatic carbocycles. The summed E-state index contributed by atoms with van der Waals surface area (Å²) in [5, 5.41) is 4.33. The summed E-state index contributed by atoms with van der Waals surface area (Å²) in [6.45, 7) is 4.49. The average Bonchev–Trinajstić information content (AvgIpc) is 3.18. The zero-order valence-electron chi connectivity index (χ0n) is 16.9. The predicted molar refractivity (Wildman–Crippen MR) is 115 cm³/mol. The molecule has 1 aliphatic heterocycles. The lowest BCUT2D eigenvalue weighted by Crippen LogP contribution is -2.08. The summed E-state index contributed by atoms with van der Waals surface area (Å²) in [6, 6.07) is 17.8. The van der Waals surface area contributed by atoms with Crippen LogP contribution in [0.5, 0.6) is 0 Å². The Balaban J connectivity index is 1.56. The molecular formula is C25H33NO. The molecule has 2 nitrogen and oxygen atoms in total. The standard InChI is InChI=1S/C25H33NO/c1-3-5-7-9-20-11-13-21(14-12-20)22-15-17-23(18-16-22)25-19-24(27-26-25)10-8-6-4-2/h11-18,24H,3-10,19H2,1-2H3. The number of unbranched alkanes of at least 4 members (excludes halogenated alkanes) is 4. The number of benzene rings is 2. The molecular weight excluding hydrogens is 330 g/mol. The number of aryl methyl sites for hydroxylation is 1. The summed E-state index contributed by atoms with van der Waals surface area (Å²) >= 11 is 0. The second-order valence-corrected chi connectivity index (χ2v) is 7.70. The van der Waals surface area contributed by atoms with Crippen molar-refractivity contribution in [3.63, 3.8) is 0 Å². The molecule has 0 amide bonds. The third-order valence-electron chi connectivity index (χ3n) is 5.44. The van der Waals surface area contributed by atoms with Crippen LogP contribution < -0.4 is 0 Å². The van der Waals surface area contributed by atoms with E-state index in [1.165, 1.54) is 67.2 Å². The van der Waals surface area contributed by atoms with E-state index in [0.29, 0.717) is 0 Å². The number of hydrogen-bond acceptors (Lipinski definition) is 2. The van der Waals surface area contributed by atoms with E-state index in [0.717, 1.165) is 18.6 Å². The van der Waals surface area contributed by atoms with E-state index in [2.05, 4.69) is 67.5 Å². The van der Waals surface area contributed by atoms with Gasteiger partial charge in [-0.25, -0.2) is 0 Å². The molecule has 0 saturated carbocycles. The van der Waals surface area contributed by atoms with E-state index >= 15 is 0 Å². The summed E-state index contributed by atoms with van der Waals surface area (Å²) < 4.78 is 0. The highest BCUT2D eigenvalue weighted by Crippen LogP contribution is 2.24. The normalized spacial score (nSPS) is 16.2. The molecule has 0 spiro atoms. The van der Waals surface area contributed by atoms with Crippen LogP contribution in [-0.2, 0) is 11.3 Å². The van der Waals surface area contributed by atoms with Crippen molar-refractivity contribution >= 4 is 5.71 Å². The van der Waals surface area contributed by atoms with Gasteiger partial charge in [-0.15, -0.1) is 0 Å². The maximum Gasteiger partial charge on any atom is 0.133 e. The molecule has 1 unspecified atom stereocenters. The maximum absolute atomic E-state index is 5.62. The molecule has 0 saturated heterocycles. The van der Waals surface area contributed by atoms with Gasteiger partial charge < -0.3 is 4.84 Å². The maximum atomic E-state index is 5.62. The van der Waals surface area contributed by atoms with Crippen molar-refractivity contribution in [3.8, 4) is 11.1 Å². The van der Waals surface area contributed by atoms with Gasteiger partial charge in [-0.05, 0) is 47.9 Å². The molecule has 0 bridgehead atoms. The molecule has 2 aromatic rings. The largest absolute Gasteiger partial charge is 0.392 e. The molecule has 0 radical (unpaired) electrons. The van der Waals surface area contributed by atoms with Crippen LogP contribution in [0.4, 0.5) is 0 Å². The fourth-order valence-electron chi connectivity index (χ4n) is 3.67. The monoisotopic (exact) mass is 363 g/mol. The summed E-state index contributed by atoms with van der Waals surface area (Å²) in [5.41, 5.74) is 6.26. The first-order valence-corrected chi connectivity index (χ1v) is 10.7. The van der Waals surface area contributed by atoms with E-state index in [1.54, 1.807) is 0 Å². The minimum absolute atomic E-state index is 0.270. The van der Waals surface area contributed by atoms with Gasteiger partial charge in [-0.3, -0.25) is 0 Å². The van der Waals surface area contributed by atoms with Crippen molar-refractivity contribution < 1.29 is 4.84 Å². The molecule has 1 atom stereocenters. The first-order valence-electron chi connectivity index (χ1n) is 10.7. The summed E-state index contributed by atoms with van der Waals surface area (Å²) in [7, 11) is 0. The van der Waals surface area contributed by atoms with Gasteiger partial charge in [0.05, 0.1) is 5.71 Å². The van der Waals surface area contributed by atoms with E-state index in [4.69, 9.17) is 4.84 Å². The van der Waals surface area contributed by atoms with Gasteiger partial charge in [0.2, 0.25) is 0 Å². The smallest absolute Gasteiger partial charge is 0.133 e. The van der Waals surface area contributed by atoms with Crippen LogP contribution in [0, 0.1) is 0 Å². The molecule has 0 fully saturated rings. The highest BCUT2D eigenvalue weighted by molar-refractivity contribution is 6.01. The van der Waals surface area contributed by atoms with Crippen LogP contribution in [0.25, 0.3) is 11.1 Å². The second kappa shape index (κ2) is 10.3. The first kappa shape index (κ1) is 19.7. The Labute approximate surface area is 164 Å². The lowest BCUT2D eigenvalue weighted by atomic mass is 9.97. The molecule has 0 aromatic heterocycles. The Bertz CT molecular complexity index is 715. The van der Waals surface area contributed by atoms with Gasteiger partial charge in [0.25, 0.3) is 0 Å². The zero-order valence-corrected chi connectivity index (χ0v) is 16.9. The number of oxime groups is 1. The van der Waals surface area contributed by atoms with Crippen LogP contribution in [-0.4, -0.2) is 11.8 Å². The van der Waals surface area contributed by atoms with E-state index in [-0.39, 0.29) is 6.10 Å². The van der Waals surface area contributed by atoms with Gasteiger partial charge in [0.15, 0.2) is 0 Å². The van der Waals surface area contributed by atoms with Crippen LogP contribution in [0.3, 0.4) is 0 Å². The zero-order chi connectivity index (χ0) is 18.9. The fraction of sp³-hybridized carbons (Fsp3) is 0.480.